The van der Waals surface area contributed by atoms with Gasteiger partial charge in [-0.15, -0.1) is 0 Å². The van der Waals surface area contributed by atoms with Crippen LogP contribution < -0.4 is 19.3 Å². The standard InChI is InChI=1S/C45H49N3O9/c1-4-19-55-45(52)48-35-25-39(38(53-3)23-33(35)43(51)46-18-9-7-16-34(46)44(48)57-41-17-8-10-20-54-41)56-27-30-13-11-12-29(21-30)22-40(50)47-26-28(2)42-32-15-6-5-14-31(32)37(49)24-36(42)47/h4-6,11-15,21,23-25,28,34,41,44,49H,1,7-10,16-20,22,26-27H2,2-3H3/t28-,34+,41?,44?/m1/s1. The smallest absolute Gasteiger partial charge is 0.416 e. The number of amides is 3. The Balaban J connectivity index is 1.07. The second-order valence-corrected chi connectivity index (χ2v) is 15.2. The van der Waals surface area contributed by atoms with Gasteiger partial charge in [0.05, 0.1) is 36.5 Å². The van der Waals surface area contributed by atoms with E-state index >= 15 is 0 Å². The molecule has 0 aliphatic carbocycles. The number of carbonyl (C=O) groups excluding carboxylic acids is 3. The van der Waals surface area contributed by atoms with Crippen molar-refractivity contribution in [1.82, 2.24) is 4.90 Å². The van der Waals surface area contributed by atoms with Gasteiger partial charge in [0.25, 0.3) is 5.91 Å². The Kier molecular flexibility index (Phi) is 11.1. The number of anilines is 2. The molecule has 0 radical (unpaired) electrons. The van der Waals surface area contributed by atoms with Gasteiger partial charge in [0.15, 0.2) is 24.0 Å². The average molecular weight is 776 g/mol. The molecule has 4 heterocycles. The fourth-order valence-electron chi connectivity index (χ4n) is 8.76. The van der Waals surface area contributed by atoms with Gasteiger partial charge in [-0.3, -0.25) is 9.59 Å². The predicted octanol–water partition coefficient (Wildman–Crippen LogP) is 7.83. The van der Waals surface area contributed by atoms with Crippen molar-refractivity contribution in [1.29, 1.82) is 0 Å². The summed E-state index contributed by atoms with van der Waals surface area (Å²) >= 11 is 0. The van der Waals surface area contributed by atoms with Crippen molar-refractivity contribution in [3.63, 3.8) is 0 Å². The van der Waals surface area contributed by atoms with Gasteiger partial charge in [-0.25, -0.2) is 9.69 Å². The SMILES string of the molecule is C=CCOC(=O)N1c2cc(OCc3cccc(CC(=O)N4C[C@@H](C)c5c4cc(O)c4ccccc54)c3)c(OC)cc2C(=O)N2CCCC[C@H]2C1OC1CCCCO1. The van der Waals surface area contributed by atoms with E-state index in [4.69, 9.17) is 23.7 Å². The van der Waals surface area contributed by atoms with E-state index < -0.39 is 24.7 Å². The van der Waals surface area contributed by atoms with Crippen LogP contribution in [0.25, 0.3) is 10.8 Å². The van der Waals surface area contributed by atoms with Gasteiger partial charge in [-0.1, -0.05) is 68.1 Å². The van der Waals surface area contributed by atoms with Crippen LogP contribution in [0.15, 0.2) is 79.4 Å². The maximum atomic E-state index is 14.3. The molecule has 0 spiro atoms. The maximum absolute atomic E-state index is 14.3. The molecule has 4 aromatic rings. The second-order valence-electron chi connectivity index (χ2n) is 15.2. The molecule has 12 nitrogen and oxygen atoms in total. The van der Waals surface area contributed by atoms with Crippen LogP contribution in [0.5, 0.6) is 17.2 Å². The van der Waals surface area contributed by atoms with E-state index in [1.807, 2.05) is 48.5 Å². The lowest BCUT2D eigenvalue weighted by atomic mass is 9.95. The van der Waals surface area contributed by atoms with Gasteiger partial charge in [-0.2, -0.15) is 0 Å². The summed E-state index contributed by atoms with van der Waals surface area (Å²) in [5.74, 6) is 0.613. The number of rotatable bonds is 10. The molecule has 2 fully saturated rings. The molecule has 12 heteroatoms. The molecule has 4 aliphatic heterocycles. The summed E-state index contributed by atoms with van der Waals surface area (Å²) in [5, 5.41) is 12.6. The van der Waals surface area contributed by atoms with Crippen LogP contribution in [0.4, 0.5) is 16.2 Å². The first-order valence-electron chi connectivity index (χ1n) is 19.9. The summed E-state index contributed by atoms with van der Waals surface area (Å²) in [6.45, 7) is 7.50. The molecule has 57 heavy (non-hydrogen) atoms. The number of ether oxygens (including phenoxy) is 5. The van der Waals surface area contributed by atoms with Crippen molar-refractivity contribution in [3.8, 4) is 17.2 Å². The Morgan fingerprint density at radius 3 is 2.54 bits per heavy atom. The summed E-state index contributed by atoms with van der Waals surface area (Å²) in [4.78, 5) is 47.2. The minimum atomic E-state index is -0.875. The molecular weight excluding hydrogens is 727 g/mol. The van der Waals surface area contributed by atoms with E-state index in [0.717, 1.165) is 58.8 Å². The summed E-state index contributed by atoms with van der Waals surface area (Å²) in [6, 6.07) is 19.9. The number of piperidine rings is 1. The molecule has 0 aromatic heterocycles. The van der Waals surface area contributed by atoms with E-state index in [0.29, 0.717) is 49.7 Å². The zero-order valence-electron chi connectivity index (χ0n) is 32.5. The lowest BCUT2D eigenvalue weighted by molar-refractivity contribution is -0.198. The third kappa shape index (κ3) is 7.51. The first-order chi connectivity index (χ1) is 27.7. The Labute approximate surface area is 332 Å². The lowest BCUT2D eigenvalue weighted by Crippen LogP contribution is -2.57. The quantitative estimate of drug-likeness (QED) is 0.160. The maximum Gasteiger partial charge on any atom is 0.416 e. The molecule has 2 unspecified atom stereocenters. The normalized spacial score (nSPS) is 21.6. The Morgan fingerprint density at radius 1 is 0.947 bits per heavy atom. The highest BCUT2D eigenvalue weighted by atomic mass is 16.7. The van der Waals surface area contributed by atoms with Crippen molar-refractivity contribution in [2.75, 3.05) is 43.2 Å². The zero-order chi connectivity index (χ0) is 39.6. The van der Waals surface area contributed by atoms with E-state index in [1.54, 1.807) is 28.0 Å². The van der Waals surface area contributed by atoms with Crippen molar-refractivity contribution in [2.45, 2.75) is 83.0 Å². The van der Waals surface area contributed by atoms with E-state index in [1.165, 1.54) is 18.1 Å². The fraction of sp³-hybridized carbons (Fsp3) is 0.400. The van der Waals surface area contributed by atoms with Gasteiger partial charge >= 0.3 is 6.09 Å². The highest BCUT2D eigenvalue weighted by molar-refractivity contribution is 6.06. The molecule has 4 aliphatic rings. The van der Waals surface area contributed by atoms with Crippen LogP contribution in [0, 0.1) is 0 Å². The van der Waals surface area contributed by atoms with Gasteiger partial charge in [-0.05, 0) is 66.7 Å². The molecule has 298 valence electrons. The van der Waals surface area contributed by atoms with Gasteiger partial charge in [0, 0.05) is 43.1 Å². The number of phenols is 1. The van der Waals surface area contributed by atoms with Gasteiger partial charge in [0.1, 0.15) is 19.0 Å². The zero-order valence-corrected chi connectivity index (χ0v) is 32.5. The van der Waals surface area contributed by atoms with Crippen LogP contribution in [0.1, 0.15) is 78.4 Å². The average Bonchev–Trinajstić information content (AvgIpc) is 3.53. The molecule has 4 atom stereocenters. The molecule has 8 rings (SSSR count). The topological polar surface area (TPSA) is 127 Å². The summed E-state index contributed by atoms with van der Waals surface area (Å²) < 4.78 is 30.4. The van der Waals surface area contributed by atoms with Crippen molar-refractivity contribution < 1.29 is 43.2 Å². The number of hydrogen-bond acceptors (Lipinski definition) is 9. The number of methoxy groups -OCH3 is 1. The number of carbonyl (C=O) groups is 3. The van der Waals surface area contributed by atoms with Gasteiger partial charge in [0.2, 0.25) is 5.91 Å². The highest BCUT2D eigenvalue weighted by Crippen LogP contribution is 2.45. The first-order valence-corrected chi connectivity index (χ1v) is 19.9. The third-order valence-electron chi connectivity index (χ3n) is 11.4. The number of benzene rings is 4. The summed E-state index contributed by atoms with van der Waals surface area (Å²) in [7, 11) is 1.51. The van der Waals surface area contributed by atoms with Crippen LogP contribution in [-0.4, -0.2) is 79.9 Å². The Bertz CT molecular complexity index is 2180. The number of hydrogen-bond donors (Lipinski definition) is 1. The molecule has 0 saturated carbocycles. The minimum Gasteiger partial charge on any atom is -0.507 e. The van der Waals surface area contributed by atoms with Crippen LogP contribution in [0.2, 0.25) is 0 Å². The molecule has 2 saturated heterocycles. The molecule has 4 aromatic carbocycles. The minimum absolute atomic E-state index is 0.0271. The van der Waals surface area contributed by atoms with E-state index in [9.17, 15) is 19.5 Å². The molecular formula is C45H49N3O9. The monoisotopic (exact) mass is 775 g/mol. The molecule has 0 bridgehead atoms. The van der Waals surface area contributed by atoms with Crippen LogP contribution in [-0.2, 0) is 32.0 Å². The number of phenolic OH excluding ortho intramolecular Hbond substituents is 1. The molecule has 3 amide bonds. The molecule has 1 N–H and O–H groups in total. The largest absolute Gasteiger partial charge is 0.507 e. The third-order valence-corrected chi connectivity index (χ3v) is 11.4. The fourth-order valence-corrected chi connectivity index (χ4v) is 8.76. The van der Waals surface area contributed by atoms with Crippen LogP contribution in [0.3, 0.4) is 0 Å². The van der Waals surface area contributed by atoms with Crippen LogP contribution >= 0.6 is 0 Å². The Hall–Kier alpha value is -5.59. The van der Waals surface area contributed by atoms with Crippen molar-refractivity contribution in [3.05, 3.63) is 102 Å². The van der Waals surface area contributed by atoms with E-state index in [2.05, 4.69) is 13.5 Å². The summed E-state index contributed by atoms with van der Waals surface area (Å²) in [6.07, 6.45) is 4.45. The van der Waals surface area contributed by atoms with Gasteiger partial charge < -0.3 is 38.6 Å². The first kappa shape index (κ1) is 38.3. The number of fused-ring (bicyclic) bond motifs is 5. The highest BCUT2D eigenvalue weighted by Gasteiger charge is 2.47. The number of nitrogens with zero attached hydrogens (tertiary/aromatic N) is 3. The summed E-state index contributed by atoms with van der Waals surface area (Å²) in [5.41, 5.74) is 4.00. The van der Waals surface area contributed by atoms with E-state index in [-0.39, 0.29) is 48.7 Å². The Morgan fingerprint density at radius 2 is 1.75 bits per heavy atom. The number of aromatic hydroxyl groups is 1. The lowest BCUT2D eigenvalue weighted by Gasteiger charge is -2.42. The van der Waals surface area contributed by atoms with Crippen molar-refractivity contribution >= 4 is 40.1 Å². The predicted molar refractivity (Wildman–Crippen MR) is 215 cm³/mol. The second kappa shape index (κ2) is 16.5. The van der Waals surface area contributed by atoms with Crippen molar-refractivity contribution in [2.24, 2.45) is 0 Å².